The Balaban J connectivity index is 1.46. The van der Waals surface area contributed by atoms with Crippen LogP contribution in [0.15, 0.2) is 24.3 Å². The molecule has 1 amide bonds. The highest BCUT2D eigenvalue weighted by molar-refractivity contribution is 5.79. The lowest BCUT2D eigenvalue weighted by atomic mass is 9.85. The Morgan fingerprint density at radius 3 is 2.52 bits per heavy atom. The molecule has 3 rings (SSSR count). The van der Waals surface area contributed by atoms with Gasteiger partial charge >= 0.3 is 12.1 Å². The minimum Gasteiger partial charge on any atom is -0.480 e. The summed E-state index contributed by atoms with van der Waals surface area (Å²) in [5, 5.41) is 11.9. The average molecular weight is 384 g/mol. The van der Waals surface area contributed by atoms with Crippen molar-refractivity contribution in [2.75, 3.05) is 13.1 Å². The van der Waals surface area contributed by atoms with E-state index in [1.165, 1.54) is 12.1 Å². The Morgan fingerprint density at radius 1 is 1.22 bits per heavy atom. The number of carbonyl (C=O) groups is 2. The van der Waals surface area contributed by atoms with Crippen LogP contribution in [0.3, 0.4) is 0 Å². The number of aliphatic carboxylic acids is 1. The van der Waals surface area contributed by atoms with Crippen LogP contribution in [0.4, 0.5) is 13.2 Å². The Morgan fingerprint density at radius 2 is 1.93 bits per heavy atom. The zero-order chi connectivity index (χ0) is 19.6. The van der Waals surface area contributed by atoms with Crippen molar-refractivity contribution in [1.29, 1.82) is 0 Å². The summed E-state index contributed by atoms with van der Waals surface area (Å²) in [6, 6.07) is 4.86. The molecule has 0 unspecified atom stereocenters. The van der Waals surface area contributed by atoms with Gasteiger partial charge < -0.3 is 10.4 Å². The zero-order valence-corrected chi connectivity index (χ0v) is 14.8. The summed E-state index contributed by atoms with van der Waals surface area (Å²) in [5.74, 6) is -0.587. The van der Waals surface area contributed by atoms with Crippen LogP contribution in [0, 0.1) is 5.92 Å². The van der Waals surface area contributed by atoms with Gasteiger partial charge in [-0.25, -0.2) is 0 Å². The first kappa shape index (κ1) is 19.7. The van der Waals surface area contributed by atoms with E-state index in [4.69, 9.17) is 5.11 Å². The molecule has 2 fully saturated rings. The SMILES string of the molecule is O=C(O)CN(CC1CC1)C1CC(NC(=O)Cc2cccc(C(F)(F)F)c2)C1. The van der Waals surface area contributed by atoms with Crippen LogP contribution in [-0.2, 0) is 22.2 Å². The summed E-state index contributed by atoms with van der Waals surface area (Å²) in [6.45, 7) is 0.786. The van der Waals surface area contributed by atoms with Crippen LogP contribution in [0.2, 0.25) is 0 Å². The van der Waals surface area contributed by atoms with Crippen molar-refractivity contribution in [2.24, 2.45) is 5.92 Å². The van der Waals surface area contributed by atoms with Crippen LogP contribution >= 0.6 is 0 Å². The van der Waals surface area contributed by atoms with E-state index in [-0.39, 0.29) is 31.0 Å². The van der Waals surface area contributed by atoms with Gasteiger partial charge in [-0.3, -0.25) is 14.5 Å². The van der Waals surface area contributed by atoms with Crippen LogP contribution in [0.5, 0.6) is 0 Å². The average Bonchev–Trinajstić information content (AvgIpc) is 3.33. The monoisotopic (exact) mass is 384 g/mol. The number of alkyl halides is 3. The van der Waals surface area contributed by atoms with Crippen LogP contribution in [-0.4, -0.2) is 47.1 Å². The molecule has 0 heterocycles. The lowest BCUT2D eigenvalue weighted by Crippen LogP contribution is -2.55. The number of carbonyl (C=O) groups excluding carboxylic acids is 1. The van der Waals surface area contributed by atoms with E-state index >= 15 is 0 Å². The second kappa shape index (κ2) is 7.88. The molecule has 0 radical (unpaired) electrons. The maximum absolute atomic E-state index is 12.7. The highest BCUT2D eigenvalue weighted by Gasteiger charge is 2.37. The van der Waals surface area contributed by atoms with Gasteiger partial charge in [-0.05, 0) is 43.2 Å². The normalized spacial score (nSPS) is 22.4. The number of amides is 1. The lowest BCUT2D eigenvalue weighted by molar-refractivity contribution is -0.140. The second-order valence-electron chi connectivity index (χ2n) is 7.53. The molecule has 0 saturated heterocycles. The Labute approximate surface area is 155 Å². The molecule has 5 nitrogen and oxygen atoms in total. The van der Waals surface area contributed by atoms with Crippen molar-refractivity contribution in [1.82, 2.24) is 10.2 Å². The molecule has 27 heavy (non-hydrogen) atoms. The van der Waals surface area contributed by atoms with Crippen LogP contribution < -0.4 is 5.32 Å². The van der Waals surface area contributed by atoms with E-state index in [1.807, 2.05) is 4.90 Å². The second-order valence-corrected chi connectivity index (χ2v) is 7.53. The Bertz CT molecular complexity index is 698. The molecular formula is C19H23F3N2O3. The van der Waals surface area contributed by atoms with Crippen molar-refractivity contribution in [3.63, 3.8) is 0 Å². The number of nitrogens with zero attached hydrogens (tertiary/aromatic N) is 1. The maximum atomic E-state index is 12.7. The van der Waals surface area contributed by atoms with Gasteiger partial charge in [0.15, 0.2) is 0 Å². The maximum Gasteiger partial charge on any atom is 0.416 e. The van der Waals surface area contributed by atoms with Crippen molar-refractivity contribution >= 4 is 11.9 Å². The van der Waals surface area contributed by atoms with E-state index in [9.17, 15) is 22.8 Å². The summed E-state index contributed by atoms with van der Waals surface area (Å²) in [4.78, 5) is 25.1. The highest BCUT2D eigenvalue weighted by atomic mass is 19.4. The molecule has 0 aromatic heterocycles. The molecule has 2 N–H and O–H groups in total. The third kappa shape index (κ3) is 5.69. The Hall–Kier alpha value is -2.09. The predicted octanol–water partition coefficient (Wildman–Crippen LogP) is 2.69. The zero-order valence-electron chi connectivity index (χ0n) is 14.8. The fraction of sp³-hybridized carbons (Fsp3) is 0.579. The summed E-state index contributed by atoms with van der Waals surface area (Å²) in [6.07, 6.45) is -0.905. The molecule has 1 aromatic carbocycles. The minimum atomic E-state index is -4.43. The first-order valence-electron chi connectivity index (χ1n) is 9.12. The van der Waals surface area contributed by atoms with E-state index in [0.717, 1.165) is 31.5 Å². The van der Waals surface area contributed by atoms with Crippen LogP contribution in [0.25, 0.3) is 0 Å². The first-order valence-corrected chi connectivity index (χ1v) is 9.12. The van der Waals surface area contributed by atoms with Crippen molar-refractivity contribution < 1.29 is 27.9 Å². The fourth-order valence-electron chi connectivity index (χ4n) is 3.47. The number of nitrogens with one attached hydrogen (secondary N) is 1. The number of rotatable bonds is 8. The molecule has 0 aliphatic heterocycles. The fourth-order valence-corrected chi connectivity index (χ4v) is 3.47. The summed E-state index contributed by atoms with van der Waals surface area (Å²) in [7, 11) is 0. The largest absolute Gasteiger partial charge is 0.480 e. The molecule has 2 aliphatic rings. The molecule has 1 aromatic rings. The van der Waals surface area contributed by atoms with Gasteiger partial charge in [-0.2, -0.15) is 13.2 Å². The number of halogens is 3. The van der Waals surface area contributed by atoms with Crippen molar-refractivity contribution in [2.45, 2.75) is 50.4 Å². The third-order valence-corrected chi connectivity index (χ3v) is 5.14. The number of hydrogen-bond acceptors (Lipinski definition) is 3. The molecule has 2 saturated carbocycles. The molecule has 148 valence electrons. The third-order valence-electron chi connectivity index (χ3n) is 5.14. The molecule has 2 aliphatic carbocycles. The van der Waals surface area contributed by atoms with Gasteiger partial charge in [-0.15, -0.1) is 0 Å². The van der Waals surface area contributed by atoms with Gasteiger partial charge in [0.05, 0.1) is 18.5 Å². The minimum absolute atomic E-state index is 0.00602. The Kier molecular flexibility index (Phi) is 5.74. The van der Waals surface area contributed by atoms with E-state index in [2.05, 4.69) is 5.32 Å². The van der Waals surface area contributed by atoms with E-state index < -0.39 is 17.7 Å². The summed E-state index contributed by atoms with van der Waals surface area (Å²) < 4.78 is 38.2. The van der Waals surface area contributed by atoms with Crippen LogP contribution in [0.1, 0.15) is 36.8 Å². The van der Waals surface area contributed by atoms with Crippen molar-refractivity contribution in [3.8, 4) is 0 Å². The molecular weight excluding hydrogens is 361 g/mol. The highest BCUT2D eigenvalue weighted by Crippen LogP contribution is 2.34. The number of hydrogen-bond donors (Lipinski definition) is 2. The van der Waals surface area contributed by atoms with Gasteiger partial charge in [0.1, 0.15) is 0 Å². The number of carboxylic acids is 1. The topological polar surface area (TPSA) is 69.6 Å². The molecule has 0 spiro atoms. The molecule has 8 heteroatoms. The summed E-state index contributed by atoms with van der Waals surface area (Å²) in [5.41, 5.74) is -0.444. The van der Waals surface area contributed by atoms with Gasteiger partial charge in [0.2, 0.25) is 5.91 Å². The summed E-state index contributed by atoms with van der Waals surface area (Å²) >= 11 is 0. The quantitative estimate of drug-likeness (QED) is 0.723. The van der Waals surface area contributed by atoms with Gasteiger partial charge in [0, 0.05) is 18.6 Å². The first-order chi connectivity index (χ1) is 12.7. The number of benzene rings is 1. The van der Waals surface area contributed by atoms with E-state index in [0.29, 0.717) is 24.3 Å². The van der Waals surface area contributed by atoms with Gasteiger partial charge in [0.25, 0.3) is 0 Å². The van der Waals surface area contributed by atoms with E-state index in [1.54, 1.807) is 0 Å². The smallest absolute Gasteiger partial charge is 0.416 e. The predicted molar refractivity (Wildman–Crippen MR) is 92.0 cm³/mol. The molecule has 0 atom stereocenters. The number of carboxylic acid groups (broad SMARTS) is 1. The molecule has 0 bridgehead atoms. The lowest BCUT2D eigenvalue weighted by Gasteiger charge is -2.42. The van der Waals surface area contributed by atoms with Gasteiger partial charge in [-0.1, -0.05) is 18.2 Å². The standard InChI is InChI=1S/C19H23F3N2O3/c20-19(21,22)14-3-1-2-13(6-14)7-17(25)23-15-8-16(9-15)24(11-18(26)27)10-12-4-5-12/h1-3,6,12,15-16H,4-5,7-11H2,(H,23,25)(H,26,27). The van der Waals surface area contributed by atoms with Crippen molar-refractivity contribution in [3.05, 3.63) is 35.4 Å².